The van der Waals surface area contributed by atoms with Crippen LogP contribution in [0.15, 0.2) is 23.2 Å². The first-order chi connectivity index (χ1) is 10.7. The number of aromatic hydroxyl groups is 1. The minimum atomic E-state index is 0.128. The third kappa shape index (κ3) is 3.16. The molecule has 1 aromatic heterocycles. The summed E-state index contributed by atoms with van der Waals surface area (Å²) in [6, 6.07) is 5.77. The molecule has 0 atom stereocenters. The average molecular weight is 319 g/mol. The second-order valence-electron chi connectivity index (χ2n) is 5.62. The smallest absolute Gasteiger partial charge is 0.203 e. The summed E-state index contributed by atoms with van der Waals surface area (Å²) in [5.74, 6) is 0.598. The van der Waals surface area contributed by atoms with E-state index in [2.05, 4.69) is 5.10 Å². The van der Waals surface area contributed by atoms with Crippen LogP contribution in [-0.4, -0.2) is 28.0 Å². The van der Waals surface area contributed by atoms with Crippen LogP contribution in [-0.2, 0) is 7.05 Å². The molecule has 118 valence electrons. The summed E-state index contributed by atoms with van der Waals surface area (Å²) in [6.07, 6.45) is 6.23. The van der Waals surface area contributed by atoms with E-state index in [9.17, 15) is 5.11 Å². The third-order valence-electron chi connectivity index (χ3n) is 4.00. The Morgan fingerprint density at radius 1 is 1.32 bits per heavy atom. The van der Waals surface area contributed by atoms with Crippen LogP contribution in [0.4, 0.5) is 0 Å². The van der Waals surface area contributed by atoms with Crippen molar-refractivity contribution in [3.8, 4) is 22.1 Å². The van der Waals surface area contributed by atoms with Gasteiger partial charge >= 0.3 is 0 Å². The minimum absolute atomic E-state index is 0.128. The van der Waals surface area contributed by atoms with Crippen LogP contribution in [0.3, 0.4) is 0 Å². The summed E-state index contributed by atoms with van der Waals surface area (Å²) >= 11 is 1.56. The van der Waals surface area contributed by atoms with Crippen LogP contribution < -0.4 is 9.54 Å². The van der Waals surface area contributed by atoms with Crippen molar-refractivity contribution in [3.05, 3.63) is 23.0 Å². The molecule has 6 heteroatoms. The van der Waals surface area contributed by atoms with Crippen LogP contribution in [0.25, 0.3) is 10.6 Å². The topological polar surface area (TPSA) is 59.6 Å². The summed E-state index contributed by atoms with van der Waals surface area (Å²) in [4.78, 5) is 5.79. The van der Waals surface area contributed by atoms with Gasteiger partial charge in [0.1, 0.15) is 5.01 Å². The highest BCUT2D eigenvalue weighted by atomic mass is 32.1. The van der Waals surface area contributed by atoms with E-state index >= 15 is 0 Å². The predicted molar refractivity (Wildman–Crippen MR) is 87.2 cm³/mol. The van der Waals surface area contributed by atoms with Crippen LogP contribution in [0.5, 0.6) is 11.5 Å². The fourth-order valence-corrected chi connectivity index (χ4v) is 3.72. The zero-order valence-corrected chi connectivity index (χ0v) is 13.8. The second kappa shape index (κ2) is 6.52. The van der Waals surface area contributed by atoms with E-state index in [4.69, 9.17) is 9.73 Å². The van der Waals surface area contributed by atoms with Crippen molar-refractivity contribution in [2.75, 3.05) is 7.11 Å². The van der Waals surface area contributed by atoms with Gasteiger partial charge in [-0.25, -0.2) is 4.68 Å². The van der Waals surface area contributed by atoms with E-state index in [1.165, 1.54) is 32.1 Å². The van der Waals surface area contributed by atoms with Crippen molar-refractivity contribution in [3.63, 3.8) is 0 Å². The summed E-state index contributed by atoms with van der Waals surface area (Å²) < 4.78 is 6.90. The van der Waals surface area contributed by atoms with Gasteiger partial charge in [-0.05, 0) is 31.0 Å². The molecular formula is C16H21N3O2S. The lowest BCUT2D eigenvalue weighted by Crippen LogP contribution is -2.18. The molecule has 0 aliphatic heterocycles. The van der Waals surface area contributed by atoms with Gasteiger partial charge in [-0.1, -0.05) is 30.6 Å². The normalized spacial score (nSPS) is 16.9. The monoisotopic (exact) mass is 319 g/mol. The van der Waals surface area contributed by atoms with Gasteiger partial charge in [-0.3, -0.25) is 4.99 Å². The van der Waals surface area contributed by atoms with Crippen LogP contribution >= 0.6 is 11.3 Å². The molecule has 1 fully saturated rings. The Morgan fingerprint density at radius 2 is 2.09 bits per heavy atom. The summed E-state index contributed by atoms with van der Waals surface area (Å²) in [7, 11) is 3.46. The molecule has 0 spiro atoms. The highest BCUT2D eigenvalue weighted by molar-refractivity contribution is 7.12. The van der Waals surface area contributed by atoms with Gasteiger partial charge in [0.25, 0.3) is 0 Å². The molecule has 2 aromatic rings. The lowest BCUT2D eigenvalue weighted by atomic mass is 9.96. The average Bonchev–Trinajstić information content (AvgIpc) is 2.89. The van der Waals surface area contributed by atoms with E-state index < -0.39 is 0 Å². The highest BCUT2D eigenvalue weighted by Gasteiger charge is 2.13. The van der Waals surface area contributed by atoms with Gasteiger partial charge in [0.2, 0.25) is 4.80 Å². The highest BCUT2D eigenvalue weighted by Crippen LogP contribution is 2.31. The Morgan fingerprint density at radius 3 is 2.77 bits per heavy atom. The number of aryl methyl sites for hydroxylation is 1. The Kier molecular flexibility index (Phi) is 4.47. The van der Waals surface area contributed by atoms with Crippen molar-refractivity contribution in [2.45, 2.75) is 38.1 Å². The first kappa shape index (κ1) is 15.1. The van der Waals surface area contributed by atoms with Crippen LogP contribution in [0, 0.1) is 0 Å². The van der Waals surface area contributed by atoms with Gasteiger partial charge < -0.3 is 9.84 Å². The molecular weight excluding hydrogens is 298 g/mol. The number of benzene rings is 1. The molecule has 1 aliphatic carbocycles. The molecule has 22 heavy (non-hydrogen) atoms. The van der Waals surface area contributed by atoms with Crippen molar-refractivity contribution >= 4 is 11.3 Å². The van der Waals surface area contributed by atoms with E-state index in [1.807, 2.05) is 17.8 Å². The number of rotatable bonds is 3. The summed E-state index contributed by atoms with van der Waals surface area (Å²) in [5.41, 5.74) is 0.879. The van der Waals surface area contributed by atoms with Gasteiger partial charge in [0, 0.05) is 12.6 Å². The van der Waals surface area contributed by atoms with Gasteiger partial charge in [0.05, 0.1) is 13.2 Å². The number of phenols is 1. The molecule has 1 N–H and O–H groups in total. The second-order valence-corrected chi connectivity index (χ2v) is 6.58. The number of hydrogen-bond acceptors (Lipinski definition) is 5. The van der Waals surface area contributed by atoms with E-state index in [0.717, 1.165) is 15.4 Å². The van der Waals surface area contributed by atoms with E-state index in [1.54, 1.807) is 30.6 Å². The van der Waals surface area contributed by atoms with Crippen molar-refractivity contribution < 1.29 is 9.84 Å². The zero-order chi connectivity index (χ0) is 15.5. The first-order valence-corrected chi connectivity index (χ1v) is 8.44. The maximum Gasteiger partial charge on any atom is 0.203 e. The number of phenolic OH excluding ortho intramolecular Hbond substituents is 1. The summed E-state index contributed by atoms with van der Waals surface area (Å²) in [5, 5.41) is 15.3. The number of nitrogens with zero attached hydrogens (tertiary/aromatic N) is 3. The van der Waals surface area contributed by atoms with E-state index in [-0.39, 0.29) is 5.75 Å². The fourth-order valence-electron chi connectivity index (χ4n) is 2.77. The predicted octanol–water partition coefficient (Wildman–Crippen LogP) is 3.10. The first-order valence-electron chi connectivity index (χ1n) is 7.62. The van der Waals surface area contributed by atoms with Gasteiger partial charge in [-0.2, -0.15) is 5.10 Å². The molecule has 5 nitrogen and oxygen atoms in total. The number of methoxy groups -OCH3 is 1. The molecule has 0 unspecified atom stereocenters. The van der Waals surface area contributed by atoms with Gasteiger partial charge in [-0.15, -0.1) is 0 Å². The maximum absolute atomic E-state index is 9.91. The number of hydrogen-bond donors (Lipinski definition) is 1. The lowest BCUT2D eigenvalue weighted by Gasteiger charge is -2.16. The molecule has 1 heterocycles. The summed E-state index contributed by atoms with van der Waals surface area (Å²) in [6.45, 7) is 0. The molecule has 0 amide bonds. The molecule has 3 rings (SSSR count). The minimum Gasteiger partial charge on any atom is -0.504 e. The third-order valence-corrected chi connectivity index (χ3v) is 5.06. The molecule has 0 saturated heterocycles. The van der Waals surface area contributed by atoms with Crippen molar-refractivity contribution in [1.82, 2.24) is 9.78 Å². The maximum atomic E-state index is 9.91. The largest absolute Gasteiger partial charge is 0.504 e. The molecule has 1 aromatic carbocycles. The van der Waals surface area contributed by atoms with Crippen molar-refractivity contribution in [1.29, 1.82) is 0 Å². The molecule has 1 aliphatic rings. The van der Waals surface area contributed by atoms with Crippen LogP contribution in [0.2, 0.25) is 0 Å². The molecule has 1 saturated carbocycles. The quantitative estimate of drug-likeness (QED) is 0.945. The van der Waals surface area contributed by atoms with E-state index in [0.29, 0.717) is 11.8 Å². The molecule has 0 bridgehead atoms. The zero-order valence-electron chi connectivity index (χ0n) is 13.0. The Hall–Kier alpha value is -1.82. The number of ether oxygens (including phenoxy) is 1. The Balaban J connectivity index is 1.91. The van der Waals surface area contributed by atoms with Crippen LogP contribution in [0.1, 0.15) is 32.1 Å². The standard InChI is InChI=1S/C16H21N3O2S/c1-19-16(17-12-6-4-3-5-7-12)22-15(18-19)11-8-9-14(21-2)13(20)10-11/h8-10,12,20H,3-7H2,1-2H3. The van der Waals surface area contributed by atoms with Gasteiger partial charge in [0.15, 0.2) is 11.5 Å². The fraction of sp³-hybridized carbons (Fsp3) is 0.500. The lowest BCUT2D eigenvalue weighted by molar-refractivity contribution is 0.373. The molecule has 0 radical (unpaired) electrons. The Bertz CT molecular complexity index is 714. The number of aromatic nitrogens is 2. The SMILES string of the molecule is COc1ccc(-c2nn(C)c(=NC3CCCCC3)s2)cc1O. The Labute approximate surface area is 133 Å². The van der Waals surface area contributed by atoms with Crippen molar-refractivity contribution in [2.24, 2.45) is 12.0 Å².